The van der Waals surface area contributed by atoms with E-state index in [1.165, 1.54) is 31.2 Å². The monoisotopic (exact) mass is 217 g/mol. The van der Waals surface area contributed by atoms with Crippen LogP contribution in [0.15, 0.2) is 24.3 Å². The van der Waals surface area contributed by atoms with E-state index in [4.69, 9.17) is 5.73 Å². The quantitative estimate of drug-likeness (QED) is 0.817. The summed E-state index contributed by atoms with van der Waals surface area (Å²) in [5.41, 5.74) is 7.72. The molecule has 0 bridgehead atoms. The van der Waals surface area contributed by atoms with Gasteiger partial charge in [0.15, 0.2) is 0 Å². The molecule has 1 aromatic rings. The summed E-state index contributed by atoms with van der Waals surface area (Å²) in [6.07, 6.45) is 6.34. The Morgan fingerprint density at radius 3 is 2.50 bits per heavy atom. The van der Waals surface area contributed by atoms with Crippen molar-refractivity contribution >= 4 is 0 Å². The molecule has 0 radical (unpaired) electrons. The predicted molar refractivity (Wildman–Crippen MR) is 64.2 cm³/mol. The van der Waals surface area contributed by atoms with Gasteiger partial charge in [-0.25, -0.2) is 0 Å². The average Bonchev–Trinajstić information content (AvgIpc) is 2.79. The van der Waals surface area contributed by atoms with E-state index < -0.39 is 0 Å². The molecular formula is C14H19NO. The lowest BCUT2D eigenvalue weighted by Gasteiger charge is -2.27. The van der Waals surface area contributed by atoms with Crippen molar-refractivity contribution < 1.29 is 5.11 Å². The first-order valence-electron chi connectivity index (χ1n) is 6.24. The summed E-state index contributed by atoms with van der Waals surface area (Å²) in [5, 5.41) is 9.23. The SMILES string of the molecule is NC1(Cc2ccc(O)cc2)CC1C1CCC1. The van der Waals surface area contributed by atoms with E-state index in [9.17, 15) is 5.11 Å². The molecule has 2 atom stereocenters. The molecule has 0 saturated heterocycles. The summed E-state index contributed by atoms with van der Waals surface area (Å²) >= 11 is 0. The Bertz CT molecular complexity index is 382. The minimum absolute atomic E-state index is 0.0576. The van der Waals surface area contributed by atoms with Gasteiger partial charge >= 0.3 is 0 Å². The van der Waals surface area contributed by atoms with E-state index in [2.05, 4.69) is 0 Å². The van der Waals surface area contributed by atoms with Crippen LogP contribution in [0.4, 0.5) is 0 Å². The van der Waals surface area contributed by atoms with Crippen LogP contribution in [0, 0.1) is 11.8 Å². The van der Waals surface area contributed by atoms with Crippen LogP contribution in [0.1, 0.15) is 31.2 Å². The molecule has 0 aliphatic heterocycles. The molecule has 2 aliphatic rings. The normalized spacial score (nSPS) is 33.4. The minimum Gasteiger partial charge on any atom is -0.508 e. The van der Waals surface area contributed by atoms with Crippen molar-refractivity contribution in [3.8, 4) is 5.75 Å². The Labute approximate surface area is 96.5 Å². The van der Waals surface area contributed by atoms with Gasteiger partial charge in [-0.15, -0.1) is 0 Å². The van der Waals surface area contributed by atoms with Gasteiger partial charge < -0.3 is 10.8 Å². The third kappa shape index (κ3) is 1.71. The Balaban J connectivity index is 1.64. The van der Waals surface area contributed by atoms with Crippen LogP contribution >= 0.6 is 0 Å². The molecule has 2 aliphatic carbocycles. The van der Waals surface area contributed by atoms with Gasteiger partial charge in [0.25, 0.3) is 0 Å². The van der Waals surface area contributed by atoms with Crippen molar-refractivity contribution in [1.82, 2.24) is 0 Å². The summed E-state index contributed by atoms with van der Waals surface area (Å²) in [6.45, 7) is 0. The van der Waals surface area contributed by atoms with Crippen molar-refractivity contribution in [3.63, 3.8) is 0 Å². The molecule has 0 spiro atoms. The Kier molecular flexibility index (Phi) is 2.21. The fourth-order valence-electron chi connectivity index (χ4n) is 3.03. The van der Waals surface area contributed by atoms with Gasteiger partial charge in [-0.05, 0) is 42.4 Å². The van der Waals surface area contributed by atoms with Gasteiger partial charge in [0.2, 0.25) is 0 Å². The summed E-state index contributed by atoms with van der Waals surface area (Å²) in [5.74, 6) is 2.00. The standard InChI is InChI=1S/C14H19NO/c15-14(9-13(14)11-2-1-3-11)8-10-4-6-12(16)7-5-10/h4-7,11,13,16H,1-3,8-9,15H2. The van der Waals surface area contributed by atoms with Crippen molar-refractivity contribution in [2.75, 3.05) is 0 Å². The van der Waals surface area contributed by atoms with Gasteiger partial charge in [-0.2, -0.15) is 0 Å². The molecule has 2 heteroatoms. The summed E-state index contributed by atoms with van der Waals surface area (Å²) in [6, 6.07) is 7.47. The first-order valence-corrected chi connectivity index (χ1v) is 6.24. The van der Waals surface area contributed by atoms with E-state index >= 15 is 0 Å². The molecule has 0 aromatic heterocycles. The van der Waals surface area contributed by atoms with E-state index in [0.717, 1.165) is 18.3 Å². The number of phenols is 1. The highest BCUT2D eigenvalue weighted by molar-refractivity contribution is 5.29. The lowest BCUT2D eigenvalue weighted by molar-refractivity contribution is 0.257. The highest BCUT2D eigenvalue weighted by atomic mass is 16.3. The first kappa shape index (κ1) is 10.2. The van der Waals surface area contributed by atoms with Crippen LogP contribution in [0.3, 0.4) is 0 Å². The average molecular weight is 217 g/mol. The molecule has 3 rings (SSSR count). The van der Waals surface area contributed by atoms with E-state index in [1.54, 1.807) is 12.1 Å². The number of phenolic OH excluding ortho intramolecular Hbond substituents is 1. The predicted octanol–water partition coefficient (Wildman–Crippen LogP) is 2.45. The fraction of sp³-hybridized carbons (Fsp3) is 0.571. The van der Waals surface area contributed by atoms with E-state index in [0.29, 0.717) is 5.75 Å². The highest BCUT2D eigenvalue weighted by Crippen LogP contribution is 2.54. The van der Waals surface area contributed by atoms with E-state index in [-0.39, 0.29) is 5.54 Å². The zero-order valence-electron chi connectivity index (χ0n) is 9.52. The van der Waals surface area contributed by atoms with Crippen LogP contribution < -0.4 is 5.73 Å². The molecule has 2 nitrogen and oxygen atoms in total. The van der Waals surface area contributed by atoms with Gasteiger partial charge in [0.05, 0.1) is 0 Å². The van der Waals surface area contributed by atoms with Crippen LogP contribution in [0.25, 0.3) is 0 Å². The van der Waals surface area contributed by atoms with Crippen LogP contribution in [0.5, 0.6) is 5.75 Å². The van der Waals surface area contributed by atoms with Crippen molar-refractivity contribution in [3.05, 3.63) is 29.8 Å². The second-order valence-corrected chi connectivity index (χ2v) is 5.58. The molecule has 3 N–H and O–H groups in total. The van der Waals surface area contributed by atoms with Crippen LogP contribution in [0.2, 0.25) is 0 Å². The third-order valence-electron chi connectivity index (χ3n) is 4.37. The molecular weight excluding hydrogens is 198 g/mol. The van der Waals surface area contributed by atoms with Crippen LogP contribution in [-0.4, -0.2) is 10.6 Å². The van der Waals surface area contributed by atoms with Crippen molar-refractivity contribution in [2.45, 2.75) is 37.6 Å². The molecule has 2 unspecified atom stereocenters. The largest absolute Gasteiger partial charge is 0.508 e. The molecule has 2 saturated carbocycles. The smallest absolute Gasteiger partial charge is 0.115 e. The number of rotatable bonds is 3. The molecule has 0 amide bonds. The minimum atomic E-state index is 0.0576. The Hall–Kier alpha value is -1.02. The van der Waals surface area contributed by atoms with Gasteiger partial charge in [0.1, 0.15) is 5.75 Å². The molecule has 16 heavy (non-hydrogen) atoms. The second kappa shape index (κ2) is 3.49. The topological polar surface area (TPSA) is 46.2 Å². The molecule has 0 heterocycles. The van der Waals surface area contributed by atoms with Gasteiger partial charge in [-0.3, -0.25) is 0 Å². The Morgan fingerprint density at radius 1 is 1.25 bits per heavy atom. The lowest BCUT2D eigenvalue weighted by Crippen LogP contribution is -2.31. The number of nitrogens with two attached hydrogens (primary N) is 1. The van der Waals surface area contributed by atoms with Gasteiger partial charge in [0, 0.05) is 5.54 Å². The maximum absolute atomic E-state index is 9.23. The fourth-order valence-corrected chi connectivity index (χ4v) is 3.03. The number of benzene rings is 1. The second-order valence-electron chi connectivity index (χ2n) is 5.58. The highest BCUT2D eigenvalue weighted by Gasteiger charge is 2.55. The third-order valence-corrected chi connectivity index (χ3v) is 4.37. The van der Waals surface area contributed by atoms with Crippen molar-refractivity contribution in [1.29, 1.82) is 0 Å². The maximum atomic E-state index is 9.23. The van der Waals surface area contributed by atoms with E-state index in [1.807, 2.05) is 12.1 Å². The molecule has 86 valence electrons. The Morgan fingerprint density at radius 2 is 1.94 bits per heavy atom. The van der Waals surface area contributed by atoms with Gasteiger partial charge in [-0.1, -0.05) is 31.4 Å². The summed E-state index contributed by atoms with van der Waals surface area (Å²) < 4.78 is 0. The lowest BCUT2D eigenvalue weighted by atomic mass is 9.79. The van der Waals surface area contributed by atoms with Crippen molar-refractivity contribution in [2.24, 2.45) is 17.6 Å². The number of hydrogen-bond donors (Lipinski definition) is 2. The molecule has 1 aromatic carbocycles. The zero-order valence-corrected chi connectivity index (χ0v) is 9.52. The number of aromatic hydroxyl groups is 1. The summed E-state index contributed by atoms with van der Waals surface area (Å²) in [7, 11) is 0. The van der Waals surface area contributed by atoms with Crippen LogP contribution in [-0.2, 0) is 6.42 Å². The number of hydrogen-bond acceptors (Lipinski definition) is 2. The zero-order chi connectivity index (χ0) is 11.2. The first-order chi connectivity index (χ1) is 7.67. The summed E-state index contributed by atoms with van der Waals surface area (Å²) in [4.78, 5) is 0. The maximum Gasteiger partial charge on any atom is 0.115 e. The molecule has 2 fully saturated rings.